The van der Waals surface area contributed by atoms with Crippen molar-refractivity contribution in [3.8, 4) is 0 Å². The van der Waals surface area contributed by atoms with Gasteiger partial charge in [-0.3, -0.25) is 9.59 Å². The maximum Gasteiger partial charge on any atom is 0.312 e. The first-order valence-electron chi connectivity index (χ1n) is 12.2. The van der Waals surface area contributed by atoms with Gasteiger partial charge in [0, 0.05) is 5.92 Å². The molecule has 0 heterocycles. The van der Waals surface area contributed by atoms with Gasteiger partial charge in [-0.15, -0.1) is 0 Å². The molecule has 0 aromatic heterocycles. The second kappa shape index (κ2) is 11.5. The summed E-state index contributed by atoms with van der Waals surface area (Å²) in [6.07, 6.45) is 7.77. The van der Waals surface area contributed by atoms with E-state index in [1.165, 1.54) is 5.57 Å². The number of hydrogen-bond acceptors (Lipinski definition) is 5. The first-order valence-corrected chi connectivity index (χ1v) is 12.2. The Bertz CT molecular complexity index is 707. The first-order chi connectivity index (χ1) is 15.0. The van der Waals surface area contributed by atoms with Crippen LogP contribution in [0.5, 0.6) is 0 Å². The van der Waals surface area contributed by atoms with Crippen LogP contribution in [0.4, 0.5) is 0 Å². The number of hydrogen-bond donors (Lipinski definition) is 3. The van der Waals surface area contributed by atoms with E-state index in [0.29, 0.717) is 12.3 Å². The number of rotatable bonds is 11. The Labute approximate surface area is 192 Å². The third kappa shape index (κ3) is 6.67. The lowest BCUT2D eigenvalue weighted by Crippen LogP contribution is -2.43. The number of aliphatic carboxylic acids is 1. The third-order valence-corrected chi connectivity index (χ3v) is 7.69. The standard InChI is InChI=1S/C26H42O6/c1-6-26(5,7-2)25(31)32-22-13-16(3)12-18-9-8-17(4)21(24(18)22)11-10-19(27)14-20(28)15-23(29)30/h8-9,12,16-17,19-22,24,27-28H,6-7,10-11,13-15H2,1-5H3,(H,29,30)/t16-,17-,19?,20-,21-,22-,24-/m0/s1. The monoisotopic (exact) mass is 450 g/mol. The number of esters is 1. The minimum absolute atomic E-state index is 0.0530. The van der Waals surface area contributed by atoms with Crippen LogP contribution < -0.4 is 0 Å². The fourth-order valence-corrected chi connectivity index (χ4v) is 5.14. The summed E-state index contributed by atoms with van der Waals surface area (Å²) >= 11 is 0. The first kappa shape index (κ1) is 26.6. The molecule has 2 aliphatic rings. The highest BCUT2D eigenvalue weighted by molar-refractivity contribution is 5.76. The van der Waals surface area contributed by atoms with Gasteiger partial charge in [-0.25, -0.2) is 0 Å². The molecule has 7 atom stereocenters. The predicted octanol–water partition coefficient (Wildman–Crippen LogP) is 4.50. The van der Waals surface area contributed by atoms with Gasteiger partial charge < -0.3 is 20.1 Å². The van der Waals surface area contributed by atoms with Gasteiger partial charge in [0.15, 0.2) is 0 Å². The lowest BCUT2D eigenvalue weighted by Gasteiger charge is -2.44. The maximum atomic E-state index is 13.1. The van der Waals surface area contributed by atoms with E-state index in [1.807, 2.05) is 20.8 Å². The highest BCUT2D eigenvalue weighted by Gasteiger charge is 2.43. The zero-order chi connectivity index (χ0) is 24.1. The van der Waals surface area contributed by atoms with Crippen molar-refractivity contribution < 1.29 is 29.6 Å². The highest BCUT2D eigenvalue weighted by atomic mass is 16.5. The number of carbonyl (C=O) groups excluding carboxylic acids is 1. The maximum absolute atomic E-state index is 13.1. The summed E-state index contributed by atoms with van der Waals surface area (Å²) in [6, 6.07) is 0. The third-order valence-electron chi connectivity index (χ3n) is 7.69. The van der Waals surface area contributed by atoms with Crippen molar-refractivity contribution in [2.75, 3.05) is 0 Å². The fourth-order valence-electron chi connectivity index (χ4n) is 5.14. The van der Waals surface area contributed by atoms with Crippen LogP contribution in [0.25, 0.3) is 0 Å². The van der Waals surface area contributed by atoms with Crippen molar-refractivity contribution in [1.82, 2.24) is 0 Å². The molecule has 0 spiro atoms. The molecule has 0 amide bonds. The highest BCUT2D eigenvalue weighted by Crippen LogP contribution is 2.45. The van der Waals surface area contributed by atoms with E-state index in [1.54, 1.807) is 0 Å². The molecule has 0 fully saturated rings. The summed E-state index contributed by atoms with van der Waals surface area (Å²) in [4.78, 5) is 23.8. The van der Waals surface area contributed by atoms with Crippen molar-refractivity contribution in [3.63, 3.8) is 0 Å². The van der Waals surface area contributed by atoms with Crippen LogP contribution in [0.2, 0.25) is 0 Å². The molecule has 0 radical (unpaired) electrons. The number of ether oxygens (including phenoxy) is 1. The summed E-state index contributed by atoms with van der Waals surface area (Å²) in [5.41, 5.74) is 0.729. The smallest absolute Gasteiger partial charge is 0.312 e. The molecule has 182 valence electrons. The summed E-state index contributed by atoms with van der Waals surface area (Å²) in [7, 11) is 0. The molecule has 0 saturated heterocycles. The van der Waals surface area contributed by atoms with Gasteiger partial charge in [-0.1, -0.05) is 45.9 Å². The number of carboxylic acids is 1. The largest absolute Gasteiger partial charge is 0.481 e. The van der Waals surface area contributed by atoms with E-state index in [-0.39, 0.29) is 42.7 Å². The Morgan fingerprint density at radius 2 is 1.84 bits per heavy atom. The van der Waals surface area contributed by atoms with Gasteiger partial charge in [0.1, 0.15) is 6.10 Å². The Kier molecular flexibility index (Phi) is 9.53. The summed E-state index contributed by atoms with van der Waals surface area (Å²) < 4.78 is 6.19. The summed E-state index contributed by atoms with van der Waals surface area (Å²) in [5.74, 6) is -0.311. The zero-order valence-electron chi connectivity index (χ0n) is 20.3. The van der Waals surface area contributed by atoms with Gasteiger partial charge in [0.2, 0.25) is 0 Å². The van der Waals surface area contributed by atoms with Crippen molar-refractivity contribution >= 4 is 11.9 Å². The molecule has 6 heteroatoms. The van der Waals surface area contributed by atoms with Gasteiger partial charge >= 0.3 is 11.9 Å². The molecule has 2 rings (SSSR count). The predicted molar refractivity (Wildman–Crippen MR) is 124 cm³/mol. The summed E-state index contributed by atoms with van der Waals surface area (Å²) in [6.45, 7) is 10.3. The Morgan fingerprint density at radius 1 is 1.19 bits per heavy atom. The summed E-state index contributed by atoms with van der Waals surface area (Å²) in [5, 5.41) is 29.1. The Morgan fingerprint density at radius 3 is 2.44 bits per heavy atom. The number of carbonyl (C=O) groups is 2. The van der Waals surface area contributed by atoms with E-state index in [4.69, 9.17) is 9.84 Å². The molecule has 3 N–H and O–H groups in total. The van der Waals surface area contributed by atoms with Crippen LogP contribution in [-0.4, -0.2) is 45.6 Å². The average molecular weight is 451 g/mol. The van der Waals surface area contributed by atoms with Crippen LogP contribution in [0, 0.1) is 29.1 Å². The molecule has 0 bridgehead atoms. The average Bonchev–Trinajstić information content (AvgIpc) is 2.71. The number of fused-ring (bicyclic) bond motifs is 1. The molecule has 1 unspecified atom stereocenters. The van der Waals surface area contributed by atoms with E-state index in [0.717, 1.165) is 25.7 Å². The molecule has 6 nitrogen and oxygen atoms in total. The topological polar surface area (TPSA) is 104 Å². The fraction of sp³-hybridized carbons (Fsp3) is 0.769. The number of aliphatic hydroxyl groups excluding tert-OH is 2. The van der Waals surface area contributed by atoms with E-state index in [9.17, 15) is 19.8 Å². The van der Waals surface area contributed by atoms with E-state index >= 15 is 0 Å². The number of allylic oxidation sites excluding steroid dienone is 3. The van der Waals surface area contributed by atoms with Crippen molar-refractivity contribution in [1.29, 1.82) is 0 Å². The quantitative estimate of drug-likeness (QED) is 0.401. The molecule has 0 aromatic rings. The minimum Gasteiger partial charge on any atom is -0.481 e. The molecular weight excluding hydrogens is 408 g/mol. The van der Waals surface area contributed by atoms with Crippen molar-refractivity contribution in [3.05, 3.63) is 23.8 Å². The van der Waals surface area contributed by atoms with E-state index in [2.05, 4.69) is 32.1 Å². The van der Waals surface area contributed by atoms with Crippen molar-refractivity contribution in [2.45, 2.75) is 97.9 Å². The molecule has 0 saturated carbocycles. The van der Waals surface area contributed by atoms with Gasteiger partial charge in [-0.05, 0) is 68.8 Å². The SMILES string of the molecule is CCC(C)(CC)C(=O)O[C@H]1C[C@@H](C)C=C2C=C[C@H](C)[C@H](CCC(O)C[C@H](O)CC(=O)O)[C@H]21. The van der Waals surface area contributed by atoms with Gasteiger partial charge in [0.25, 0.3) is 0 Å². The lowest BCUT2D eigenvalue weighted by molar-refractivity contribution is -0.166. The van der Waals surface area contributed by atoms with Crippen LogP contribution in [0.15, 0.2) is 23.8 Å². The lowest BCUT2D eigenvalue weighted by atomic mass is 9.65. The molecule has 0 aliphatic heterocycles. The van der Waals surface area contributed by atoms with Crippen LogP contribution in [-0.2, 0) is 14.3 Å². The Balaban J connectivity index is 2.14. The molecule has 0 aromatic carbocycles. The van der Waals surface area contributed by atoms with Gasteiger partial charge in [-0.2, -0.15) is 0 Å². The normalized spacial score (nSPS) is 29.6. The zero-order valence-corrected chi connectivity index (χ0v) is 20.3. The minimum atomic E-state index is -1.07. The molecular formula is C26H42O6. The number of aliphatic hydroxyl groups is 2. The van der Waals surface area contributed by atoms with Crippen LogP contribution >= 0.6 is 0 Å². The molecule has 32 heavy (non-hydrogen) atoms. The Hall–Kier alpha value is -1.66. The van der Waals surface area contributed by atoms with Crippen molar-refractivity contribution in [2.24, 2.45) is 29.1 Å². The second-order valence-electron chi connectivity index (χ2n) is 10.2. The van der Waals surface area contributed by atoms with Crippen LogP contribution in [0.1, 0.15) is 79.6 Å². The second-order valence-corrected chi connectivity index (χ2v) is 10.2. The van der Waals surface area contributed by atoms with E-state index < -0.39 is 23.6 Å². The van der Waals surface area contributed by atoms with Crippen LogP contribution in [0.3, 0.4) is 0 Å². The van der Waals surface area contributed by atoms with Gasteiger partial charge in [0.05, 0.1) is 24.0 Å². The number of carboxylic acid groups (broad SMARTS) is 1. The molecule has 2 aliphatic carbocycles.